The Morgan fingerprint density at radius 1 is 1.57 bits per heavy atom. The second kappa shape index (κ2) is 4.18. The van der Waals surface area contributed by atoms with Gasteiger partial charge in [0, 0.05) is 6.42 Å². The highest BCUT2D eigenvalue weighted by atomic mass is 16.3. The van der Waals surface area contributed by atoms with Gasteiger partial charge in [-0.25, -0.2) is 0 Å². The van der Waals surface area contributed by atoms with E-state index in [0.29, 0.717) is 12.3 Å². The molecular weight excluding hydrogens is 176 g/mol. The molecule has 2 heteroatoms. The van der Waals surface area contributed by atoms with E-state index in [4.69, 9.17) is 4.42 Å². The standard InChI is InChI=1S/C12H18O2/c1-9-4-5-10(7-9)12(13)8-11-3-2-6-14-11/h2-3,6,9-10,12-13H,4-5,7-8H2,1H3. The second-order valence-corrected chi connectivity index (χ2v) is 4.53. The quantitative estimate of drug-likeness (QED) is 0.802. The van der Waals surface area contributed by atoms with Gasteiger partial charge in [-0.1, -0.05) is 13.3 Å². The molecule has 1 heterocycles. The van der Waals surface area contributed by atoms with E-state index in [2.05, 4.69) is 6.92 Å². The van der Waals surface area contributed by atoms with Gasteiger partial charge in [-0.15, -0.1) is 0 Å². The van der Waals surface area contributed by atoms with Gasteiger partial charge >= 0.3 is 0 Å². The van der Waals surface area contributed by atoms with Gasteiger partial charge in [0.15, 0.2) is 0 Å². The Morgan fingerprint density at radius 2 is 2.43 bits per heavy atom. The fourth-order valence-electron chi connectivity index (χ4n) is 2.40. The van der Waals surface area contributed by atoms with Gasteiger partial charge in [0.05, 0.1) is 12.4 Å². The van der Waals surface area contributed by atoms with Gasteiger partial charge in [0.25, 0.3) is 0 Å². The van der Waals surface area contributed by atoms with Gasteiger partial charge in [0.2, 0.25) is 0 Å². The molecule has 0 saturated heterocycles. The third kappa shape index (κ3) is 2.18. The van der Waals surface area contributed by atoms with Crippen molar-refractivity contribution in [2.24, 2.45) is 11.8 Å². The third-order valence-corrected chi connectivity index (χ3v) is 3.27. The number of rotatable bonds is 3. The van der Waals surface area contributed by atoms with E-state index in [1.54, 1.807) is 6.26 Å². The van der Waals surface area contributed by atoms with Crippen molar-refractivity contribution in [1.82, 2.24) is 0 Å². The van der Waals surface area contributed by atoms with Crippen LogP contribution in [-0.2, 0) is 6.42 Å². The highest BCUT2D eigenvalue weighted by Crippen LogP contribution is 2.33. The van der Waals surface area contributed by atoms with Gasteiger partial charge in [0.1, 0.15) is 5.76 Å². The molecule has 78 valence electrons. The number of hydrogen-bond donors (Lipinski definition) is 1. The van der Waals surface area contributed by atoms with E-state index in [0.717, 1.165) is 11.7 Å². The molecular formula is C12H18O2. The summed E-state index contributed by atoms with van der Waals surface area (Å²) in [7, 11) is 0. The largest absolute Gasteiger partial charge is 0.469 e. The zero-order valence-corrected chi connectivity index (χ0v) is 8.65. The van der Waals surface area contributed by atoms with E-state index < -0.39 is 0 Å². The minimum atomic E-state index is -0.217. The third-order valence-electron chi connectivity index (χ3n) is 3.27. The van der Waals surface area contributed by atoms with Crippen LogP contribution in [0.4, 0.5) is 0 Å². The molecule has 2 rings (SSSR count). The summed E-state index contributed by atoms with van der Waals surface area (Å²) in [5, 5.41) is 9.98. The van der Waals surface area contributed by atoms with Crippen LogP contribution >= 0.6 is 0 Å². The molecule has 0 aliphatic heterocycles. The lowest BCUT2D eigenvalue weighted by molar-refractivity contribution is 0.103. The molecule has 1 aromatic heterocycles. The Kier molecular flexibility index (Phi) is 2.92. The summed E-state index contributed by atoms with van der Waals surface area (Å²) < 4.78 is 5.23. The highest BCUT2D eigenvalue weighted by Gasteiger charge is 2.27. The van der Waals surface area contributed by atoms with Crippen molar-refractivity contribution in [1.29, 1.82) is 0 Å². The molecule has 3 atom stereocenters. The van der Waals surface area contributed by atoms with Crippen LogP contribution in [0.15, 0.2) is 22.8 Å². The smallest absolute Gasteiger partial charge is 0.106 e. The van der Waals surface area contributed by atoms with E-state index in [9.17, 15) is 5.11 Å². The summed E-state index contributed by atoms with van der Waals surface area (Å²) in [6, 6.07) is 3.81. The Bertz CT molecular complexity index is 266. The van der Waals surface area contributed by atoms with Gasteiger partial charge in [-0.3, -0.25) is 0 Å². The monoisotopic (exact) mass is 194 g/mol. The lowest BCUT2D eigenvalue weighted by Gasteiger charge is -2.16. The van der Waals surface area contributed by atoms with E-state index in [1.165, 1.54) is 19.3 Å². The second-order valence-electron chi connectivity index (χ2n) is 4.53. The SMILES string of the molecule is CC1CCC(C(O)Cc2ccco2)C1. The molecule has 0 spiro atoms. The average Bonchev–Trinajstić information content (AvgIpc) is 2.75. The molecule has 1 N–H and O–H groups in total. The van der Waals surface area contributed by atoms with Crippen LogP contribution in [0.1, 0.15) is 31.9 Å². The topological polar surface area (TPSA) is 33.4 Å². The van der Waals surface area contributed by atoms with Crippen molar-refractivity contribution in [2.75, 3.05) is 0 Å². The van der Waals surface area contributed by atoms with Gasteiger partial charge in [-0.2, -0.15) is 0 Å². The fourth-order valence-corrected chi connectivity index (χ4v) is 2.40. The maximum absolute atomic E-state index is 9.98. The molecule has 1 fully saturated rings. The van der Waals surface area contributed by atoms with Crippen LogP contribution < -0.4 is 0 Å². The minimum Gasteiger partial charge on any atom is -0.469 e. The van der Waals surface area contributed by atoms with Crippen LogP contribution in [0.2, 0.25) is 0 Å². The predicted octanol–water partition coefficient (Wildman–Crippen LogP) is 2.62. The summed E-state index contributed by atoms with van der Waals surface area (Å²) in [6.07, 6.45) is 5.72. The Morgan fingerprint density at radius 3 is 3.00 bits per heavy atom. The van der Waals surface area contributed by atoms with Crippen molar-refractivity contribution in [3.05, 3.63) is 24.2 Å². The predicted molar refractivity (Wildman–Crippen MR) is 54.9 cm³/mol. The summed E-state index contributed by atoms with van der Waals surface area (Å²) in [5.74, 6) is 2.17. The van der Waals surface area contributed by atoms with Gasteiger partial charge < -0.3 is 9.52 Å². The zero-order valence-electron chi connectivity index (χ0n) is 8.65. The fraction of sp³-hybridized carbons (Fsp3) is 0.667. The average molecular weight is 194 g/mol. The molecule has 2 nitrogen and oxygen atoms in total. The van der Waals surface area contributed by atoms with Crippen molar-refractivity contribution in [3.8, 4) is 0 Å². The maximum Gasteiger partial charge on any atom is 0.106 e. The normalized spacial score (nSPS) is 29.3. The lowest BCUT2D eigenvalue weighted by Crippen LogP contribution is -2.20. The van der Waals surface area contributed by atoms with Crippen LogP contribution in [0.5, 0.6) is 0 Å². The van der Waals surface area contributed by atoms with Crippen molar-refractivity contribution in [3.63, 3.8) is 0 Å². The molecule has 0 aromatic carbocycles. The maximum atomic E-state index is 9.98. The first-order valence-corrected chi connectivity index (χ1v) is 5.46. The minimum absolute atomic E-state index is 0.217. The van der Waals surface area contributed by atoms with E-state index >= 15 is 0 Å². The Labute approximate surface area is 84.9 Å². The molecule has 1 aromatic rings. The van der Waals surface area contributed by atoms with E-state index in [-0.39, 0.29) is 6.10 Å². The highest BCUT2D eigenvalue weighted by molar-refractivity contribution is 5.00. The molecule has 0 amide bonds. The molecule has 1 saturated carbocycles. The van der Waals surface area contributed by atoms with Crippen molar-refractivity contribution >= 4 is 0 Å². The molecule has 0 bridgehead atoms. The number of furan rings is 1. The Hall–Kier alpha value is -0.760. The van der Waals surface area contributed by atoms with Crippen LogP contribution in [0.25, 0.3) is 0 Å². The number of aliphatic hydroxyl groups is 1. The summed E-state index contributed by atoms with van der Waals surface area (Å²) in [6.45, 7) is 2.26. The van der Waals surface area contributed by atoms with Crippen LogP contribution in [-0.4, -0.2) is 11.2 Å². The van der Waals surface area contributed by atoms with Crippen molar-refractivity contribution in [2.45, 2.75) is 38.7 Å². The summed E-state index contributed by atoms with van der Waals surface area (Å²) in [4.78, 5) is 0. The van der Waals surface area contributed by atoms with Crippen molar-refractivity contribution < 1.29 is 9.52 Å². The number of aliphatic hydroxyl groups excluding tert-OH is 1. The zero-order chi connectivity index (χ0) is 9.97. The molecule has 14 heavy (non-hydrogen) atoms. The number of hydrogen-bond acceptors (Lipinski definition) is 2. The van der Waals surface area contributed by atoms with E-state index in [1.807, 2.05) is 12.1 Å². The van der Waals surface area contributed by atoms with Gasteiger partial charge in [-0.05, 0) is 36.8 Å². The first-order chi connectivity index (χ1) is 6.75. The Balaban J connectivity index is 1.87. The summed E-state index contributed by atoms with van der Waals surface area (Å²) >= 11 is 0. The lowest BCUT2D eigenvalue weighted by atomic mass is 9.96. The molecule has 0 radical (unpaired) electrons. The summed E-state index contributed by atoms with van der Waals surface area (Å²) in [5.41, 5.74) is 0. The first kappa shape index (κ1) is 9.78. The molecule has 1 aliphatic rings. The first-order valence-electron chi connectivity index (χ1n) is 5.46. The van der Waals surface area contributed by atoms with Crippen LogP contribution in [0, 0.1) is 11.8 Å². The van der Waals surface area contributed by atoms with Crippen LogP contribution in [0.3, 0.4) is 0 Å². The molecule has 3 unspecified atom stereocenters. The molecule has 1 aliphatic carbocycles.